The standard InChI is InChI=1S/C14H15NO4/c1-19-14(18)12-11(16)8-5-9-15(12)13(17)10-6-3-2-4-7-10/h2-4,6-7,12H,5,8-9H2,1H3. The summed E-state index contributed by atoms with van der Waals surface area (Å²) >= 11 is 0. The molecule has 0 aliphatic carbocycles. The highest BCUT2D eigenvalue weighted by atomic mass is 16.5. The second-order valence-electron chi connectivity index (χ2n) is 4.36. The van der Waals surface area contributed by atoms with Gasteiger partial charge in [0.1, 0.15) is 0 Å². The molecule has 1 unspecified atom stereocenters. The SMILES string of the molecule is COC(=O)C1C(=O)CCCN1C(=O)c1ccccc1. The number of likely N-dealkylation sites (tertiary alicyclic amines) is 1. The lowest BCUT2D eigenvalue weighted by atomic mass is 9.99. The molecule has 1 saturated heterocycles. The smallest absolute Gasteiger partial charge is 0.336 e. The molecule has 100 valence electrons. The first-order valence-corrected chi connectivity index (χ1v) is 6.11. The van der Waals surface area contributed by atoms with Crippen LogP contribution >= 0.6 is 0 Å². The van der Waals surface area contributed by atoms with Gasteiger partial charge in [-0.05, 0) is 18.6 Å². The van der Waals surface area contributed by atoms with Gasteiger partial charge in [-0.1, -0.05) is 18.2 Å². The lowest BCUT2D eigenvalue weighted by Gasteiger charge is -2.32. The van der Waals surface area contributed by atoms with Gasteiger partial charge < -0.3 is 9.64 Å². The Morgan fingerprint density at radius 2 is 1.95 bits per heavy atom. The molecule has 1 aliphatic rings. The summed E-state index contributed by atoms with van der Waals surface area (Å²) in [6.45, 7) is 0.388. The molecule has 0 saturated carbocycles. The number of methoxy groups -OCH3 is 1. The van der Waals surface area contributed by atoms with Crippen molar-refractivity contribution in [2.75, 3.05) is 13.7 Å². The van der Waals surface area contributed by atoms with E-state index in [2.05, 4.69) is 4.74 Å². The van der Waals surface area contributed by atoms with Gasteiger partial charge in [-0.25, -0.2) is 4.79 Å². The lowest BCUT2D eigenvalue weighted by molar-refractivity contribution is -0.151. The van der Waals surface area contributed by atoms with Crippen LogP contribution < -0.4 is 0 Å². The van der Waals surface area contributed by atoms with Gasteiger partial charge >= 0.3 is 5.97 Å². The van der Waals surface area contributed by atoms with E-state index in [1.165, 1.54) is 12.0 Å². The molecule has 2 rings (SSSR count). The maximum atomic E-state index is 12.3. The van der Waals surface area contributed by atoms with E-state index in [1.807, 2.05) is 0 Å². The number of carbonyl (C=O) groups is 3. The molecule has 0 radical (unpaired) electrons. The minimum absolute atomic E-state index is 0.262. The van der Waals surface area contributed by atoms with Crippen LogP contribution in [0.2, 0.25) is 0 Å². The summed E-state index contributed by atoms with van der Waals surface area (Å²) in [5, 5.41) is 0. The number of amides is 1. The van der Waals surface area contributed by atoms with E-state index in [0.717, 1.165) is 0 Å². The van der Waals surface area contributed by atoms with E-state index in [1.54, 1.807) is 30.3 Å². The summed E-state index contributed by atoms with van der Waals surface area (Å²) < 4.78 is 4.62. The Bertz CT molecular complexity index is 489. The maximum Gasteiger partial charge on any atom is 0.336 e. The fourth-order valence-electron chi connectivity index (χ4n) is 2.20. The molecular weight excluding hydrogens is 246 g/mol. The van der Waals surface area contributed by atoms with E-state index in [-0.39, 0.29) is 11.7 Å². The molecule has 0 spiro atoms. The molecule has 1 aromatic carbocycles. The number of piperidine rings is 1. The highest BCUT2D eigenvalue weighted by Gasteiger charge is 2.39. The number of rotatable bonds is 2. The zero-order chi connectivity index (χ0) is 13.8. The predicted molar refractivity (Wildman–Crippen MR) is 67.5 cm³/mol. The number of benzene rings is 1. The van der Waals surface area contributed by atoms with Gasteiger partial charge in [0.05, 0.1) is 7.11 Å². The van der Waals surface area contributed by atoms with Crippen LogP contribution in [0, 0.1) is 0 Å². The summed E-state index contributed by atoms with van der Waals surface area (Å²) in [7, 11) is 1.22. The van der Waals surface area contributed by atoms with Crippen molar-refractivity contribution in [1.29, 1.82) is 0 Å². The summed E-state index contributed by atoms with van der Waals surface area (Å²) in [5.74, 6) is -1.25. The van der Waals surface area contributed by atoms with E-state index in [4.69, 9.17) is 0 Å². The average Bonchev–Trinajstić information content (AvgIpc) is 2.46. The monoisotopic (exact) mass is 261 g/mol. The van der Waals surface area contributed by atoms with Gasteiger partial charge in [0.15, 0.2) is 11.8 Å². The molecule has 0 N–H and O–H groups in total. The topological polar surface area (TPSA) is 63.7 Å². The number of hydrogen-bond acceptors (Lipinski definition) is 4. The Balaban J connectivity index is 2.28. The van der Waals surface area contributed by atoms with Crippen molar-refractivity contribution in [3.8, 4) is 0 Å². The minimum Gasteiger partial charge on any atom is -0.467 e. The van der Waals surface area contributed by atoms with Crippen LogP contribution in [0.5, 0.6) is 0 Å². The highest BCUT2D eigenvalue weighted by molar-refractivity contribution is 6.08. The van der Waals surface area contributed by atoms with E-state index in [0.29, 0.717) is 24.9 Å². The Labute approximate surface area is 111 Å². The lowest BCUT2D eigenvalue weighted by Crippen LogP contribution is -2.53. The Kier molecular flexibility index (Phi) is 3.94. The van der Waals surface area contributed by atoms with Gasteiger partial charge in [0.2, 0.25) is 0 Å². The number of hydrogen-bond donors (Lipinski definition) is 0. The molecule has 1 aromatic rings. The van der Waals surface area contributed by atoms with E-state index in [9.17, 15) is 14.4 Å². The molecule has 0 bridgehead atoms. The number of Topliss-reactive ketones (excluding diaryl/α,β-unsaturated/α-hetero) is 1. The number of ketones is 1. The average molecular weight is 261 g/mol. The van der Waals surface area contributed by atoms with Crippen molar-refractivity contribution in [3.05, 3.63) is 35.9 Å². The third kappa shape index (κ3) is 2.65. The van der Waals surface area contributed by atoms with Crippen LogP contribution in [0.15, 0.2) is 30.3 Å². The molecule has 1 heterocycles. The van der Waals surface area contributed by atoms with Crippen LogP contribution in [-0.2, 0) is 14.3 Å². The molecule has 5 nitrogen and oxygen atoms in total. The van der Waals surface area contributed by atoms with Crippen molar-refractivity contribution in [2.45, 2.75) is 18.9 Å². The zero-order valence-corrected chi connectivity index (χ0v) is 10.7. The first-order chi connectivity index (χ1) is 9.15. The Morgan fingerprint density at radius 3 is 2.58 bits per heavy atom. The molecule has 1 fully saturated rings. The minimum atomic E-state index is -1.11. The van der Waals surface area contributed by atoms with Crippen molar-refractivity contribution >= 4 is 17.7 Å². The van der Waals surface area contributed by atoms with Gasteiger partial charge in [0.25, 0.3) is 5.91 Å². The van der Waals surface area contributed by atoms with Crippen LogP contribution in [0.1, 0.15) is 23.2 Å². The van der Waals surface area contributed by atoms with E-state index >= 15 is 0 Å². The van der Waals surface area contributed by atoms with Crippen molar-refractivity contribution < 1.29 is 19.1 Å². The Morgan fingerprint density at radius 1 is 1.26 bits per heavy atom. The number of nitrogens with zero attached hydrogens (tertiary/aromatic N) is 1. The van der Waals surface area contributed by atoms with Crippen molar-refractivity contribution in [1.82, 2.24) is 4.90 Å². The van der Waals surface area contributed by atoms with E-state index < -0.39 is 12.0 Å². The largest absolute Gasteiger partial charge is 0.467 e. The normalized spacial score (nSPS) is 19.1. The summed E-state index contributed by atoms with van der Waals surface area (Å²) in [6, 6.07) is 7.51. The van der Waals surface area contributed by atoms with Crippen molar-refractivity contribution in [3.63, 3.8) is 0 Å². The highest BCUT2D eigenvalue weighted by Crippen LogP contribution is 2.18. The van der Waals surface area contributed by atoms with Crippen LogP contribution in [-0.4, -0.2) is 42.3 Å². The first-order valence-electron chi connectivity index (χ1n) is 6.11. The van der Waals surface area contributed by atoms with Gasteiger partial charge in [0, 0.05) is 18.5 Å². The molecular formula is C14H15NO4. The van der Waals surface area contributed by atoms with Gasteiger partial charge in [-0.2, -0.15) is 0 Å². The van der Waals surface area contributed by atoms with Crippen LogP contribution in [0.25, 0.3) is 0 Å². The van der Waals surface area contributed by atoms with Crippen LogP contribution in [0.4, 0.5) is 0 Å². The summed E-state index contributed by atoms with van der Waals surface area (Å²) in [6.07, 6.45) is 0.878. The predicted octanol–water partition coefficient (Wildman–Crippen LogP) is 1.03. The molecule has 0 aromatic heterocycles. The van der Waals surface area contributed by atoms with Gasteiger partial charge in [-0.15, -0.1) is 0 Å². The fraction of sp³-hybridized carbons (Fsp3) is 0.357. The van der Waals surface area contributed by atoms with Crippen molar-refractivity contribution in [2.24, 2.45) is 0 Å². The number of esters is 1. The molecule has 19 heavy (non-hydrogen) atoms. The second-order valence-corrected chi connectivity index (χ2v) is 4.36. The quantitative estimate of drug-likeness (QED) is 0.589. The second kappa shape index (κ2) is 5.65. The Hall–Kier alpha value is -2.17. The molecule has 5 heteroatoms. The zero-order valence-electron chi connectivity index (χ0n) is 10.7. The molecule has 1 atom stereocenters. The third-order valence-corrected chi connectivity index (χ3v) is 3.14. The number of ether oxygens (including phenoxy) is 1. The summed E-state index contributed by atoms with van der Waals surface area (Å²) in [5.41, 5.74) is 0.464. The van der Waals surface area contributed by atoms with Crippen LogP contribution in [0.3, 0.4) is 0 Å². The third-order valence-electron chi connectivity index (χ3n) is 3.14. The first kappa shape index (κ1) is 13.3. The fourth-order valence-corrected chi connectivity index (χ4v) is 2.20. The van der Waals surface area contributed by atoms with Gasteiger partial charge in [-0.3, -0.25) is 9.59 Å². The maximum absolute atomic E-state index is 12.3. The molecule has 1 amide bonds. The number of carbonyl (C=O) groups excluding carboxylic acids is 3. The molecule has 1 aliphatic heterocycles. The summed E-state index contributed by atoms with van der Waals surface area (Å²) in [4.78, 5) is 37.2.